The third kappa shape index (κ3) is 15.9. The van der Waals surface area contributed by atoms with E-state index in [0.717, 1.165) is 106 Å². The Labute approximate surface area is 751 Å². The second-order valence-corrected chi connectivity index (χ2v) is 52.8. The number of carbonyl (C=O) groups excluding carboxylic acids is 3. The fourth-order valence-corrected chi connectivity index (χ4v) is 41.8. The highest BCUT2D eigenvalue weighted by Crippen LogP contribution is 2.72. The van der Waals surface area contributed by atoms with E-state index in [2.05, 4.69) is 0 Å². The Kier molecular flexibility index (Phi) is 23.7. The van der Waals surface area contributed by atoms with Gasteiger partial charge in [-0.05, 0) is 441 Å². The Balaban J connectivity index is 0.0000000792. The first-order valence-corrected chi connectivity index (χ1v) is 56.5. The van der Waals surface area contributed by atoms with Gasteiger partial charge in [-0.3, -0.25) is 9.59 Å². The van der Waals surface area contributed by atoms with E-state index in [1.807, 2.05) is 0 Å². The van der Waals surface area contributed by atoms with Gasteiger partial charge in [-0.25, -0.2) is 4.79 Å². The van der Waals surface area contributed by atoms with E-state index in [1.165, 1.54) is 213 Å². The molecule has 0 N–H and O–H groups in total. The van der Waals surface area contributed by atoms with E-state index in [4.69, 9.17) is 37.9 Å². The van der Waals surface area contributed by atoms with Gasteiger partial charge in [-0.15, -0.1) is 0 Å². The topological polar surface area (TPSA) is 125 Å². The lowest BCUT2D eigenvalue weighted by molar-refractivity contribution is -0.322. The van der Waals surface area contributed by atoms with Crippen LogP contribution in [0.1, 0.15) is 456 Å². The maximum Gasteiger partial charge on any atom is 0.338 e. The summed E-state index contributed by atoms with van der Waals surface area (Å²) in [7, 11) is 0. The van der Waals surface area contributed by atoms with Crippen LogP contribution in [0.25, 0.3) is 0 Å². The molecule has 0 amide bonds. The SMILES string of the molecule is C1CCC2(C1)C1CC3CC(C1)CC2C3.C1CCC2(C1)CC1CCC2C1.C1CCC2(CC1)C1CC3CC(C1)CC2C3.C1CCC2(CC1)CC1CCC2C1.C1CCC2(CC1)CCCC2.C1CCC2(CC1)CCCCC2.O=C1CC2OC3OC4(OC3C2O1)C1CC2CC(C1)CC4C2.O=C1OC2CC3CC(C2)CC1C3.O=C1OCC2OC3(OC12)C1CC2CC(C1)CC3C2. The molecule has 692 valence electrons. The summed E-state index contributed by atoms with van der Waals surface area (Å²) < 4.78 is 47.0. The molecule has 30 aliphatic carbocycles. The number of hydrogen-bond acceptors (Lipinski definition) is 11. The van der Waals surface area contributed by atoms with E-state index < -0.39 is 17.7 Å². The molecule has 0 aromatic carbocycles. The van der Waals surface area contributed by atoms with Gasteiger partial charge in [-0.1, -0.05) is 148 Å². The predicted molar refractivity (Wildman–Crippen MR) is 483 cm³/mol. The molecule has 30 saturated carbocycles. The molecule has 124 heavy (non-hydrogen) atoms. The summed E-state index contributed by atoms with van der Waals surface area (Å²) in [5.74, 6) is 20.4. The van der Waals surface area contributed by atoms with Gasteiger partial charge in [0, 0.05) is 23.7 Å². The first-order valence-electron chi connectivity index (χ1n) is 56.5. The molecule has 8 spiro atoms. The number of rotatable bonds is 0. The summed E-state index contributed by atoms with van der Waals surface area (Å²) in [5, 5.41) is 0. The summed E-state index contributed by atoms with van der Waals surface area (Å²) in [6, 6.07) is 0. The monoisotopic (exact) mass is 1710 g/mol. The maximum atomic E-state index is 11.6. The first-order chi connectivity index (χ1) is 60.6. The minimum absolute atomic E-state index is 0.102. The van der Waals surface area contributed by atoms with Gasteiger partial charge in [0.2, 0.25) is 0 Å². The minimum Gasteiger partial charge on any atom is -0.462 e. The molecule has 24 bridgehead atoms. The minimum atomic E-state index is -0.442. The van der Waals surface area contributed by atoms with Gasteiger partial charge in [0.25, 0.3) is 0 Å². The van der Waals surface area contributed by atoms with Crippen molar-refractivity contribution < 1.29 is 52.3 Å². The van der Waals surface area contributed by atoms with Gasteiger partial charge in [0.05, 0.1) is 12.3 Å². The Bertz CT molecular complexity index is 3540. The zero-order valence-corrected chi connectivity index (χ0v) is 78.2. The van der Waals surface area contributed by atoms with Crippen LogP contribution in [-0.2, 0) is 52.3 Å². The molecule has 0 radical (unpaired) electrons. The normalized spacial score (nSPS) is 50.1. The van der Waals surface area contributed by atoms with Crippen molar-refractivity contribution >= 4 is 17.9 Å². The molecule has 37 fully saturated rings. The molecule has 12 atom stereocenters. The second-order valence-electron chi connectivity index (χ2n) is 52.8. The average molecular weight is 1710 g/mol. The van der Waals surface area contributed by atoms with E-state index in [9.17, 15) is 14.4 Å². The molecule has 11 nitrogen and oxygen atoms in total. The van der Waals surface area contributed by atoms with Gasteiger partial charge in [-0.2, -0.15) is 0 Å². The maximum absolute atomic E-state index is 11.6. The Hall–Kier alpha value is -1.79. The zero-order chi connectivity index (χ0) is 82.6. The molecule has 37 rings (SSSR count). The third-order valence-corrected chi connectivity index (χ3v) is 46.3. The van der Waals surface area contributed by atoms with Crippen molar-refractivity contribution in [2.45, 2.75) is 510 Å². The lowest BCUT2D eigenvalue weighted by Crippen LogP contribution is -2.59. The number of cyclic esters (lactones) is 1. The van der Waals surface area contributed by atoms with Crippen LogP contribution in [0.3, 0.4) is 0 Å². The van der Waals surface area contributed by atoms with Crippen molar-refractivity contribution in [1.29, 1.82) is 0 Å². The summed E-state index contributed by atoms with van der Waals surface area (Å²) in [4.78, 5) is 34.5. The van der Waals surface area contributed by atoms with Crippen LogP contribution in [0.4, 0.5) is 0 Å². The number of carbonyl (C=O) groups is 3. The van der Waals surface area contributed by atoms with Crippen LogP contribution in [0.2, 0.25) is 0 Å². The lowest BCUT2D eigenvalue weighted by Gasteiger charge is -2.63. The highest BCUT2D eigenvalue weighted by Gasteiger charge is 2.71. The van der Waals surface area contributed by atoms with Gasteiger partial charge in [0.1, 0.15) is 24.9 Å². The van der Waals surface area contributed by atoms with Gasteiger partial charge < -0.3 is 37.9 Å². The lowest BCUT2D eigenvalue weighted by atomic mass is 9.42. The summed E-state index contributed by atoms with van der Waals surface area (Å²) in [6.45, 7) is 0.386. The molecule has 37 aliphatic rings. The Morgan fingerprint density at radius 3 is 0.976 bits per heavy atom. The van der Waals surface area contributed by atoms with Crippen LogP contribution < -0.4 is 0 Å². The first kappa shape index (κ1) is 85.2. The van der Waals surface area contributed by atoms with Crippen molar-refractivity contribution in [2.75, 3.05) is 6.61 Å². The van der Waals surface area contributed by atoms with Crippen LogP contribution in [-0.4, -0.2) is 79.0 Å². The molecule has 7 saturated heterocycles. The highest BCUT2D eigenvalue weighted by atomic mass is 16.8. The Morgan fingerprint density at radius 2 is 0.597 bits per heavy atom. The number of hydrogen-bond donors (Lipinski definition) is 0. The zero-order valence-electron chi connectivity index (χ0n) is 78.2. The van der Waals surface area contributed by atoms with Crippen molar-refractivity contribution in [3.8, 4) is 0 Å². The highest BCUT2D eigenvalue weighted by molar-refractivity contribution is 5.78. The Morgan fingerprint density at radius 1 is 0.258 bits per heavy atom. The molecular formula is C113H174O11. The second kappa shape index (κ2) is 34.5. The van der Waals surface area contributed by atoms with Crippen molar-refractivity contribution in [3.63, 3.8) is 0 Å². The average Bonchev–Trinajstić information content (AvgIpc) is 1.53. The molecule has 7 aliphatic heterocycles. The van der Waals surface area contributed by atoms with Crippen molar-refractivity contribution in [3.05, 3.63) is 0 Å². The predicted octanol–water partition coefficient (Wildman–Crippen LogP) is 27.7. The van der Waals surface area contributed by atoms with Crippen LogP contribution in [0.5, 0.6) is 0 Å². The smallest absolute Gasteiger partial charge is 0.338 e. The number of esters is 3. The molecule has 12 unspecified atom stereocenters. The van der Waals surface area contributed by atoms with Gasteiger partial charge >= 0.3 is 17.9 Å². The number of fused-ring (bicyclic) bond motifs is 11. The summed E-state index contributed by atoms with van der Waals surface area (Å²) in [5.41, 5.74) is 5.30. The van der Waals surface area contributed by atoms with Crippen LogP contribution >= 0.6 is 0 Å². The fourth-order valence-electron chi connectivity index (χ4n) is 41.8. The van der Waals surface area contributed by atoms with Crippen LogP contribution in [0.15, 0.2) is 0 Å². The summed E-state index contributed by atoms with van der Waals surface area (Å²) in [6.07, 6.45) is 104. The van der Waals surface area contributed by atoms with E-state index in [-0.39, 0.29) is 60.6 Å². The van der Waals surface area contributed by atoms with Crippen molar-refractivity contribution in [2.24, 2.45) is 169 Å². The molecule has 0 aromatic heterocycles. The number of ether oxygens (including phenoxy) is 8. The summed E-state index contributed by atoms with van der Waals surface area (Å²) >= 11 is 0. The third-order valence-electron chi connectivity index (χ3n) is 46.3. The van der Waals surface area contributed by atoms with Crippen LogP contribution in [0, 0.1) is 169 Å². The fraction of sp³-hybridized carbons (Fsp3) is 0.973. The largest absolute Gasteiger partial charge is 0.462 e. The van der Waals surface area contributed by atoms with E-state index >= 15 is 0 Å². The van der Waals surface area contributed by atoms with E-state index in [0.29, 0.717) is 36.7 Å². The van der Waals surface area contributed by atoms with Crippen molar-refractivity contribution in [1.82, 2.24) is 0 Å². The molecule has 11 heteroatoms. The molecule has 0 aromatic rings. The standard InChI is InChI=1S/C16H20O5.C15H24.C14H18O4.C14H22.C12H20.C11H18.C11H20.C10H14O2.C10H18/c17-12-6-11-13(19-12)14-15(18-11)21-16(20-14)9-2-7-1-8(4-9)5-10(16)3-7;1-2-4-15(5-3-1)13-7-11-6-12(9-13)10-14(15)8-11;15-13-12-11(6-16-13)17-14(18-12)9-2-7-1-8(4-9)5-10(14)3-7;1-2-4-14(3-1)12-6-10-5-11(8-12)9-13(14)7-10;1-2-6-12(7-3-1)9-10-4-5-11(12)8-10;1-2-6-11(5-1)8-9-3-4-10(11)7-9;1-3-7-11(8-4-1)9-5-2-6-10-11;11-10-8-2-6-1-7(3-8)5-9(4-6)12-10;1-2-6-10(7-3-1)8-4-5-9-10/h7-11,13-15H,1-6H2;11-14H,1-10H2;7-12H,1-6H2;10-13H,1-9H2;10-11H,1-9H2;9-10H,1-8H2;1-10H2;6-9H,1-5H2;1-9H2. The molecule has 7 heterocycles. The van der Waals surface area contributed by atoms with Gasteiger partial charge in [0.15, 0.2) is 36.2 Å². The quantitative estimate of drug-likeness (QED) is 0.170. The van der Waals surface area contributed by atoms with E-state index in [1.54, 1.807) is 270 Å². The molecular weight excluding hydrogens is 1530 g/mol.